The number of halogens is 1. The minimum absolute atomic E-state index is 0.630. The molecule has 2 aromatic carbocycles. The van der Waals surface area contributed by atoms with Gasteiger partial charge in [-0.2, -0.15) is 0 Å². The van der Waals surface area contributed by atoms with Gasteiger partial charge in [-0.25, -0.2) is 0 Å². The Balaban J connectivity index is 2.09. The van der Waals surface area contributed by atoms with Crippen LogP contribution < -0.4 is 4.74 Å². The molecular formula is C19H23ClO. The lowest BCUT2D eigenvalue weighted by atomic mass is 10.0. The van der Waals surface area contributed by atoms with Crippen molar-refractivity contribution in [3.63, 3.8) is 0 Å². The Morgan fingerprint density at radius 1 is 0.905 bits per heavy atom. The molecule has 21 heavy (non-hydrogen) atoms. The van der Waals surface area contributed by atoms with E-state index in [0.29, 0.717) is 11.6 Å². The lowest BCUT2D eigenvalue weighted by Crippen LogP contribution is -1.92. The number of unbranched alkanes of at least 4 members (excludes halogenated alkanes) is 2. The Morgan fingerprint density at radius 3 is 2.24 bits per heavy atom. The minimum Gasteiger partial charge on any atom is -0.492 e. The molecule has 0 N–H and O–H groups in total. The maximum Gasteiger partial charge on any atom is 0.137 e. The number of hydrogen-bond donors (Lipinski definition) is 0. The monoisotopic (exact) mass is 302 g/mol. The van der Waals surface area contributed by atoms with E-state index in [4.69, 9.17) is 16.3 Å². The predicted molar refractivity (Wildman–Crippen MR) is 91.3 cm³/mol. The molecule has 0 bridgehead atoms. The van der Waals surface area contributed by atoms with E-state index in [1.54, 1.807) is 0 Å². The lowest BCUT2D eigenvalue weighted by molar-refractivity contribution is 0.340. The van der Waals surface area contributed by atoms with E-state index in [9.17, 15) is 0 Å². The summed E-state index contributed by atoms with van der Waals surface area (Å²) >= 11 is 6.25. The molecule has 0 saturated carbocycles. The Kier molecular flexibility index (Phi) is 6.13. The van der Waals surface area contributed by atoms with Crippen LogP contribution in [-0.4, -0.2) is 6.61 Å². The van der Waals surface area contributed by atoms with E-state index in [0.717, 1.165) is 17.7 Å². The first-order valence-electron chi connectivity index (χ1n) is 7.76. The topological polar surface area (TPSA) is 9.23 Å². The first-order chi connectivity index (χ1) is 10.2. The summed E-state index contributed by atoms with van der Waals surface area (Å²) in [7, 11) is 0. The maximum atomic E-state index is 6.25. The molecular weight excluding hydrogens is 280 g/mol. The zero-order valence-corrected chi connectivity index (χ0v) is 13.6. The van der Waals surface area contributed by atoms with Crippen LogP contribution in [0.5, 0.6) is 5.75 Å². The second-order valence-electron chi connectivity index (χ2n) is 5.23. The van der Waals surface area contributed by atoms with E-state index in [-0.39, 0.29) is 0 Å². The number of ether oxygens (including phenoxy) is 1. The third kappa shape index (κ3) is 4.50. The van der Waals surface area contributed by atoms with Crippen LogP contribution in [0.25, 0.3) is 11.1 Å². The van der Waals surface area contributed by atoms with Crippen LogP contribution in [0.3, 0.4) is 0 Å². The molecule has 0 aromatic heterocycles. The largest absolute Gasteiger partial charge is 0.492 e. The highest BCUT2D eigenvalue weighted by Crippen LogP contribution is 2.30. The summed E-state index contributed by atoms with van der Waals surface area (Å²) < 4.78 is 5.47. The van der Waals surface area contributed by atoms with E-state index < -0.39 is 0 Å². The molecule has 0 heterocycles. The van der Waals surface area contributed by atoms with E-state index in [1.807, 2.05) is 19.1 Å². The first kappa shape index (κ1) is 15.9. The molecule has 0 aliphatic rings. The SMILES string of the molecule is CCCCCc1ccc(-c2ccc(OCC)c(Cl)c2)cc1. The molecule has 0 radical (unpaired) electrons. The van der Waals surface area contributed by atoms with E-state index >= 15 is 0 Å². The van der Waals surface area contributed by atoms with Crippen molar-refractivity contribution in [1.82, 2.24) is 0 Å². The quantitative estimate of drug-likeness (QED) is 0.558. The van der Waals surface area contributed by atoms with Crippen LogP contribution in [0.4, 0.5) is 0 Å². The fourth-order valence-electron chi connectivity index (χ4n) is 2.40. The van der Waals surface area contributed by atoms with Crippen molar-refractivity contribution >= 4 is 11.6 Å². The summed E-state index contributed by atoms with van der Waals surface area (Å²) in [6.07, 6.45) is 5.00. The van der Waals surface area contributed by atoms with Gasteiger partial charge in [0.15, 0.2) is 0 Å². The summed E-state index contributed by atoms with van der Waals surface area (Å²) in [6, 6.07) is 14.8. The molecule has 0 aliphatic heterocycles. The Morgan fingerprint density at radius 2 is 1.62 bits per heavy atom. The third-order valence-corrected chi connectivity index (χ3v) is 3.88. The van der Waals surface area contributed by atoms with Gasteiger partial charge in [0.1, 0.15) is 5.75 Å². The molecule has 0 unspecified atom stereocenters. The number of aryl methyl sites for hydroxylation is 1. The highest BCUT2D eigenvalue weighted by atomic mass is 35.5. The Hall–Kier alpha value is -1.47. The minimum atomic E-state index is 0.630. The highest BCUT2D eigenvalue weighted by molar-refractivity contribution is 6.32. The Bertz CT molecular complexity index is 560. The average Bonchev–Trinajstić information content (AvgIpc) is 2.50. The van der Waals surface area contributed by atoms with Crippen molar-refractivity contribution in [3.8, 4) is 16.9 Å². The molecule has 0 aliphatic carbocycles. The summed E-state index contributed by atoms with van der Waals surface area (Å²) in [4.78, 5) is 0. The number of hydrogen-bond acceptors (Lipinski definition) is 1. The Labute approximate surface area is 132 Å². The molecule has 112 valence electrons. The van der Waals surface area contributed by atoms with Gasteiger partial charge in [0, 0.05) is 0 Å². The summed E-state index contributed by atoms with van der Waals surface area (Å²) in [5.41, 5.74) is 3.73. The van der Waals surface area contributed by atoms with Crippen LogP contribution in [0.15, 0.2) is 42.5 Å². The smallest absolute Gasteiger partial charge is 0.137 e. The zero-order valence-electron chi connectivity index (χ0n) is 12.9. The molecule has 2 rings (SSSR count). The molecule has 2 heteroatoms. The van der Waals surface area contributed by atoms with Crippen molar-refractivity contribution in [2.45, 2.75) is 39.5 Å². The average molecular weight is 303 g/mol. The summed E-state index contributed by atoms with van der Waals surface area (Å²) in [5, 5.41) is 0.668. The van der Waals surface area contributed by atoms with Crippen molar-refractivity contribution in [2.24, 2.45) is 0 Å². The molecule has 0 spiro atoms. The van der Waals surface area contributed by atoms with Gasteiger partial charge in [0.2, 0.25) is 0 Å². The normalized spacial score (nSPS) is 10.6. The zero-order chi connectivity index (χ0) is 15.1. The predicted octanol–water partition coefficient (Wildman–Crippen LogP) is 6.14. The van der Waals surface area contributed by atoms with Crippen molar-refractivity contribution in [1.29, 1.82) is 0 Å². The van der Waals surface area contributed by atoms with Gasteiger partial charge in [0.25, 0.3) is 0 Å². The second-order valence-corrected chi connectivity index (χ2v) is 5.64. The molecule has 0 atom stereocenters. The van der Waals surface area contributed by atoms with Crippen molar-refractivity contribution < 1.29 is 4.74 Å². The highest BCUT2D eigenvalue weighted by Gasteiger charge is 2.04. The van der Waals surface area contributed by atoms with Crippen molar-refractivity contribution in [2.75, 3.05) is 6.61 Å². The van der Waals surface area contributed by atoms with Gasteiger partial charge in [-0.3, -0.25) is 0 Å². The summed E-state index contributed by atoms with van der Waals surface area (Å²) in [6.45, 7) is 4.83. The van der Waals surface area contributed by atoms with Crippen LogP contribution in [0.2, 0.25) is 5.02 Å². The molecule has 1 nitrogen and oxygen atoms in total. The number of rotatable bonds is 7. The fraction of sp³-hybridized carbons (Fsp3) is 0.368. The molecule has 0 amide bonds. The molecule has 2 aromatic rings. The van der Waals surface area contributed by atoms with E-state index in [2.05, 4.69) is 37.3 Å². The van der Waals surface area contributed by atoms with Gasteiger partial charge >= 0.3 is 0 Å². The van der Waals surface area contributed by atoms with E-state index in [1.165, 1.54) is 30.4 Å². The lowest BCUT2D eigenvalue weighted by Gasteiger charge is -2.09. The van der Waals surface area contributed by atoms with Crippen molar-refractivity contribution in [3.05, 3.63) is 53.1 Å². The van der Waals surface area contributed by atoms with Crippen LogP contribution >= 0.6 is 11.6 Å². The standard InChI is InChI=1S/C19H23ClO/c1-3-5-6-7-15-8-10-16(11-9-15)17-12-13-19(21-4-2)18(20)14-17/h8-14H,3-7H2,1-2H3. The van der Waals surface area contributed by atoms with Gasteiger partial charge < -0.3 is 4.74 Å². The molecule has 0 saturated heterocycles. The van der Waals surface area contributed by atoms with Crippen LogP contribution in [0, 0.1) is 0 Å². The molecule has 0 fully saturated rings. The first-order valence-corrected chi connectivity index (χ1v) is 8.14. The van der Waals surface area contributed by atoms with Gasteiger partial charge in [-0.05, 0) is 48.6 Å². The fourth-order valence-corrected chi connectivity index (χ4v) is 2.63. The van der Waals surface area contributed by atoms with Gasteiger partial charge in [0.05, 0.1) is 11.6 Å². The summed E-state index contributed by atoms with van der Waals surface area (Å²) in [5.74, 6) is 0.749. The van der Waals surface area contributed by atoms with Crippen LogP contribution in [0.1, 0.15) is 38.7 Å². The number of benzene rings is 2. The second kappa shape index (κ2) is 8.09. The van der Waals surface area contributed by atoms with Crippen LogP contribution in [-0.2, 0) is 6.42 Å². The third-order valence-electron chi connectivity index (χ3n) is 3.59. The van der Waals surface area contributed by atoms with Gasteiger partial charge in [-0.1, -0.05) is 61.7 Å². The maximum absolute atomic E-state index is 6.25. The van der Waals surface area contributed by atoms with Gasteiger partial charge in [-0.15, -0.1) is 0 Å².